The standard InChI is InChI=1S/C25H25NO7S/c1-17(24(27)22-15-12-20(31-3)16-23(22)32-4)33-25(28)18-10-13-21(14-11-18)34(29,30)26(2)19-8-6-5-7-9-19/h5-17H,1-4H3/t17-/m0/s1. The maximum absolute atomic E-state index is 12.9. The molecule has 0 aliphatic heterocycles. The van der Waals surface area contributed by atoms with Crippen molar-refractivity contribution in [1.29, 1.82) is 0 Å². The maximum Gasteiger partial charge on any atom is 0.338 e. The molecule has 3 rings (SSSR count). The van der Waals surface area contributed by atoms with Gasteiger partial charge in [-0.1, -0.05) is 18.2 Å². The minimum Gasteiger partial charge on any atom is -0.497 e. The van der Waals surface area contributed by atoms with Gasteiger partial charge in [-0.3, -0.25) is 9.10 Å². The number of nitrogens with zero attached hydrogens (tertiary/aromatic N) is 1. The summed E-state index contributed by atoms with van der Waals surface area (Å²) >= 11 is 0. The van der Waals surface area contributed by atoms with E-state index in [4.69, 9.17) is 14.2 Å². The van der Waals surface area contributed by atoms with Crippen LogP contribution in [-0.2, 0) is 14.8 Å². The molecule has 0 aliphatic carbocycles. The van der Waals surface area contributed by atoms with E-state index >= 15 is 0 Å². The Bertz CT molecular complexity index is 1270. The van der Waals surface area contributed by atoms with Crippen LogP contribution in [0.3, 0.4) is 0 Å². The summed E-state index contributed by atoms with van der Waals surface area (Å²) in [6.07, 6.45) is -1.09. The van der Waals surface area contributed by atoms with Crippen molar-refractivity contribution in [3.63, 3.8) is 0 Å². The zero-order valence-electron chi connectivity index (χ0n) is 19.2. The lowest BCUT2D eigenvalue weighted by molar-refractivity contribution is 0.0317. The number of carbonyl (C=O) groups excluding carboxylic acids is 2. The molecule has 178 valence electrons. The van der Waals surface area contributed by atoms with E-state index in [1.54, 1.807) is 42.5 Å². The summed E-state index contributed by atoms with van der Waals surface area (Å²) in [6, 6.07) is 18.7. The van der Waals surface area contributed by atoms with E-state index in [9.17, 15) is 18.0 Å². The van der Waals surface area contributed by atoms with E-state index in [1.165, 1.54) is 58.5 Å². The monoisotopic (exact) mass is 483 g/mol. The Morgan fingerprint density at radius 2 is 1.53 bits per heavy atom. The molecule has 3 aromatic rings. The molecular formula is C25H25NO7S. The number of hydrogen-bond donors (Lipinski definition) is 0. The highest BCUT2D eigenvalue weighted by molar-refractivity contribution is 7.92. The first-order valence-corrected chi connectivity index (χ1v) is 11.7. The highest BCUT2D eigenvalue weighted by atomic mass is 32.2. The van der Waals surface area contributed by atoms with E-state index < -0.39 is 27.9 Å². The van der Waals surface area contributed by atoms with Gasteiger partial charge in [-0.2, -0.15) is 0 Å². The molecule has 0 saturated heterocycles. The Labute approximate surface area is 198 Å². The Morgan fingerprint density at radius 3 is 2.12 bits per heavy atom. The maximum atomic E-state index is 12.9. The second kappa shape index (κ2) is 10.4. The first kappa shape index (κ1) is 24.8. The summed E-state index contributed by atoms with van der Waals surface area (Å²) in [6.45, 7) is 1.46. The molecule has 0 unspecified atom stereocenters. The van der Waals surface area contributed by atoms with E-state index in [1.807, 2.05) is 0 Å². The van der Waals surface area contributed by atoms with Crippen molar-refractivity contribution >= 4 is 27.5 Å². The summed E-state index contributed by atoms with van der Waals surface area (Å²) < 4.78 is 42.6. The zero-order chi connectivity index (χ0) is 24.9. The fraction of sp³-hybridized carbons (Fsp3) is 0.200. The largest absolute Gasteiger partial charge is 0.497 e. The van der Waals surface area contributed by atoms with E-state index in [-0.39, 0.29) is 16.0 Å². The van der Waals surface area contributed by atoms with Crippen LogP contribution >= 0.6 is 0 Å². The number of anilines is 1. The molecule has 0 N–H and O–H groups in total. The fourth-order valence-corrected chi connectivity index (χ4v) is 4.40. The third-order valence-corrected chi connectivity index (χ3v) is 7.00. The van der Waals surface area contributed by atoms with Gasteiger partial charge in [0.2, 0.25) is 5.78 Å². The molecule has 1 atom stereocenters. The van der Waals surface area contributed by atoms with Crippen molar-refractivity contribution in [2.75, 3.05) is 25.6 Å². The predicted octanol–water partition coefficient (Wildman–Crippen LogP) is 3.96. The van der Waals surface area contributed by atoms with Crippen molar-refractivity contribution in [3.05, 3.63) is 83.9 Å². The van der Waals surface area contributed by atoms with Crippen molar-refractivity contribution in [3.8, 4) is 11.5 Å². The molecule has 0 heterocycles. The smallest absolute Gasteiger partial charge is 0.338 e. The SMILES string of the molecule is COc1ccc(C(=O)[C@H](C)OC(=O)c2ccc(S(=O)(=O)N(C)c3ccccc3)cc2)c(OC)c1. The van der Waals surface area contributed by atoms with Gasteiger partial charge in [-0.15, -0.1) is 0 Å². The lowest BCUT2D eigenvalue weighted by Gasteiger charge is -2.19. The Morgan fingerprint density at radius 1 is 0.882 bits per heavy atom. The number of sulfonamides is 1. The van der Waals surface area contributed by atoms with Gasteiger partial charge >= 0.3 is 5.97 Å². The highest BCUT2D eigenvalue weighted by Gasteiger charge is 2.25. The van der Waals surface area contributed by atoms with Crippen LogP contribution in [-0.4, -0.2) is 47.5 Å². The van der Waals surface area contributed by atoms with Crippen LogP contribution < -0.4 is 13.8 Å². The van der Waals surface area contributed by atoms with Gasteiger partial charge in [0.15, 0.2) is 6.10 Å². The fourth-order valence-electron chi connectivity index (χ4n) is 3.20. The number of para-hydroxylation sites is 1. The Kier molecular flexibility index (Phi) is 7.57. The van der Waals surface area contributed by atoms with E-state index in [0.29, 0.717) is 17.2 Å². The van der Waals surface area contributed by atoms with E-state index in [0.717, 1.165) is 4.31 Å². The minimum atomic E-state index is -3.82. The van der Waals surface area contributed by atoms with Crippen LogP contribution in [0.15, 0.2) is 77.7 Å². The topological polar surface area (TPSA) is 99.2 Å². The molecule has 0 spiro atoms. The first-order chi connectivity index (χ1) is 16.2. The quantitative estimate of drug-likeness (QED) is 0.336. The van der Waals surface area contributed by atoms with Gasteiger partial charge in [-0.05, 0) is 55.5 Å². The Balaban J connectivity index is 1.73. The summed E-state index contributed by atoms with van der Waals surface area (Å²) in [7, 11) is 0.555. The van der Waals surface area contributed by atoms with E-state index in [2.05, 4.69) is 0 Å². The molecule has 8 nitrogen and oxygen atoms in total. The number of ketones is 1. The zero-order valence-corrected chi connectivity index (χ0v) is 20.0. The molecule has 0 aliphatic rings. The average Bonchev–Trinajstić information content (AvgIpc) is 2.87. The number of methoxy groups -OCH3 is 2. The van der Waals surface area contributed by atoms with Crippen molar-refractivity contribution in [2.24, 2.45) is 0 Å². The molecule has 0 radical (unpaired) electrons. The van der Waals surface area contributed by atoms with Gasteiger partial charge in [0.25, 0.3) is 10.0 Å². The number of ether oxygens (including phenoxy) is 3. The van der Waals surface area contributed by atoms with Crippen LogP contribution in [0.2, 0.25) is 0 Å². The van der Waals surface area contributed by atoms with Crippen molar-refractivity contribution in [1.82, 2.24) is 0 Å². The third-order valence-electron chi connectivity index (χ3n) is 5.20. The lowest BCUT2D eigenvalue weighted by Crippen LogP contribution is -2.27. The summed E-state index contributed by atoms with van der Waals surface area (Å²) in [5.41, 5.74) is 0.865. The minimum absolute atomic E-state index is 0.0162. The number of hydrogen-bond acceptors (Lipinski definition) is 7. The molecule has 3 aromatic carbocycles. The molecule has 9 heteroatoms. The lowest BCUT2D eigenvalue weighted by atomic mass is 10.1. The molecule has 0 fully saturated rings. The van der Waals surface area contributed by atoms with Crippen LogP contribution in [0, 0.1) is 0 Å². The molecule has 0 saturated carbocycles. The average molecular weight is 484 g/mol. The van der Waals surface area contributed by atoms with Gasteiger partial charge in [0, 0.05) is 13.1 Å². The summed E-state index contributed by atoms with van der Waals surface area (Å²) in [4.78, 5) is 25.4. The Hall–Kier alpha value is -3.85. The van der Waals surface area contributed by atoms with Crippen LogP contribution in [0.5, 0.6) is 11.5 Å². The molecule has 0 bridgehead atoms. The van der Waals surface area contributed by atoms with Gasteiger partial charge in [0.1, 0.15) is 11.5 Å². The summed E-state index contributed by atoms with van der Waals surface area (Å²) in [5, 5.41) is 0. The normalized spacial score (nSPS) is 11.9. The van der Waals surface area contributed by atoms with Gasteiger partial charge in [0.05, 0.1) is 35.9 Å². The third kappa shape index (κ3) is 5.20. The van der Waals surface area contributed by atoms with Crippen molar-refractivity contribution < 1.29 is 32.2 Å². The molecule has 34 heavy (non-hydrogen) atoms. The molecule has 0 amide bonds. The second-order valence-corrected chi connectivity index (χ2v) is 9.28. The number of Topliss-reactive ketones (excluding diaryl/α,β-unsaturated/α-hetero) is 1. The van der Waals surface area contributed by atoms with Crippen LogP contribution in [0.25, 0.3) is 0 Å². The number of rotatable bonds is 9. The van der Waals surface area contributed by atoms with Gasteiger partial charge < -0.3 is 14.2 Å². The van der Waals surface area contributed by atoms with Crippen LogP contribution in [0.4, 0.5) is 5.69 Å². The highest BCUT2D eigenvalue weighted by Crippen LogP contribution is 2.27. The summed E-state index contributed by atoms with van der Waals surface area (Å²) in [5.74, 6) is -0.388. The number of esters is 1. The number of benzene rings is 3. The van der Waals surface area contributed by atoms with Crippen molar-refractivity contribution in [2.45, 2.75) is 17.9 Å². The molecular weight excluding hydrogens is 458 g/mol. The number of carbonyl (C=O) groups is 2. The van der Waals surface area contributed by atoms with Crippen LogP contribution in [0.1, 0.15) is 27.6 Å². The predicted molar refractivity (Wildman–Crippen MR) is 127 cm³/mol. The second-order valence-electron chi connectivity index (χ2n) is 7.31. The van der Waals surface area contributed by atoms with Gasteiger partial charge in [-0.25, -0.2) is 13.2 Å². The first-order valence-electron chi connectivity index (χ1n) is 10.3. The molecule has 0 aromatic heterocycles.